The summed E-state index contributed by atoms with van der Waals surface area (Å²) < 4.78 is 4.91. The van der Waals surface area contributed by atoms with Crippen LogP contribution in [0.15, 0.2) is 35.3 Å². The first kappa shape index (κ1) is 13.5. The fraction of sp³-hybridized carbons (Fsp3) is 0.417. The number of benzene rings is 1. The van der Waals surface area contributed by atoms with E-state index in [1.54, 1.807) is 7.11 Å². The van der Waals surface area contributed by atoms with Gasteiger partial charge in [0.25, 0.3) is 0 Å². The molecule has 0 spiro atoms. The molecular formula is C12H20N4O. The molecule has 0 atom stereocenters. The van der Waals surface area contributed by atoms with Crippen LogP contribution in [0.25, 0.3) is 0 Å². The number of methoxy groups -OCH3 is 1. The molecule has 5 nitrogen and oxygen atoms in total. The third-order valence-electron chi connectivity index (χ3n) is 2.25. The first-order chi connectivity index (χ1) is 8.36. The summed E-state index contributed by atoms with van der Waals surface area (Å²) in [6.45, 7) is 1.97. The fourth-order valence-corrected chi connectivity index (χ4v) is 1.37. The highest BCUT2D eigenvalue weighted by atomic mass is 16.5. The zero-order valence-electron chi connectivity index (χ0n) is 10.1. The predicted molar refractivity (Wildman–Crippen MR) is 69.6 cm³/mol. The second kappa shape index (κ2) is 8.55. The number of aliphatic imine (C=N–C) groups is 1. The molecule has 0 fully saturated rings. The van der Waals surface area contributed by atoms with Crippen molar-refractivity contribution in [2.24, 2.45) is 10.8 Å². The van der Waals surface area contributed by atoms with Crippen LogP contribution in [0.4, 0.5) is 0 Å². The molecular weight excluding hydrogens is 216 g/mol. The lowest BCUT2D eigenvalue weighted by Crippen LogP contribution is -2.42. The van der Waals surface area contributed by atoms with Crippen molar-refractivity contribution in [1.29, 1.82) is 0 Å². The fourth-order valence-electron chi connectivity index (χ4n) is 1.37. The van der Waals surface area contributed by atoms with Crippen LogP contribution in [0, 0.1) is 0 Å². The molecule has 0 saturated heterocycles. The van der Waals surface area contributed by atoms with Gasteiger partial charge in [0, 0.05) is 13.7 Å². The van der Waals surface area contributed by atoms with E-state index in [4.69, 9.17) is 10.6 Å². The maximum absolute atomic E-state index is 5.35. The van der Waals surface area contributed by atoms with Gasteiger partial charge in [0.05, 0.1) is 13.2 Å². The Labute approximate surface area is 102 Å². The van der Waals surface area contributed by atoms with E-state index >= 15 is 0 Å². The number of rotatable bonds is 6. The zero-order valence-corrected chi connectivity index (χ0v) is 10.1. The number of ether oxygens (including phenoxy) is 1. The Morgan fingerprint density at radius 1 is 1.35 bits per heavy atom. The molecule has 0 heterocycles. The van der Waals surface area contributed by atoms with Crippen LogP contribution in [0.5, 0.6) is 0 Å². The Hall–Kier alpha value is -1.59. The summed E-state index contributed by atoms with van der Waals surface area (Å²) in [6, 6.07) is 10.3. The lowest BCUT2D eigenvalue weighted by molar-refractivity contribution is 0.208. The number of hydrogen-bond acceptors (Lipinski definition) is 3. The highest BCUT2D eigenvalue weighted by Crippen LogP contribution is 1.97. The van der Waals surface area contributed by atoms with Gasteiger partial charge in [-0.05, 0) is 12.0 Å². The molecule has 0 aromatic heterocycles. The number of nitrogens with two attached hydrogens (primary N) is 1. The summed E-state index contributed by atoms with van der Waals surface area (Å²) in [5.41, 5.74) is 3.82. The van der Waals surface area contributed by atoms with Crippen molar-refractivity contribution >= 4 is 5.96 Å². The lowest BCUT2D eigenvalue weighted by Gasteiger charge is -2.09. The van der Waals surface area contributed by atoms with Gasteiger partial charge in [0.2, 0.25) is 5.96 Å². The number of nitrogens with one attached hydrogen (secondary N) is 2. The Morgan fingerprint density at radius 3 is 2.76 bits per heavy atom. The van der Waals surface area contributed by atoms with Gasteiger partial charge in [-0.25, -0.2) is 10.8 Å². The second-order valence-corrected chi connectivity index (χ2v) is 3.53. The summed E-state index contributed by atoms with van der Waals surface area (Å²) in [7, 11) is 1.65. The molecule has 1 aromatic carbocycles. The minimum absolute atomic E-state index is 0.589. The zero-order chi connectivity index (χ0) is 12.3. The minimum Gasteiger partial charge on any atom is -0.383 e. The van der Waals surface area contributed by atoms with Crippen LogP contribution in [-0.4, -0.2) is 32.8 Å². The number of hydrogen-bond donors (Lipinski definition) is 3. The normalized spacial score (nSPS) is 11.3. The first-order valence-corrected chi connectivity index (χ1v) is 5.64. The van der Waals surface area contributed by atoms with Gasteiger partial charge in [-0.15, -0.1) is 0 Å². The van der Waals surface area contributed by atoms with Crippen molar-refractivity contribution in [1.82, 2.24) is 10.7 Å². The standard InChI is InChI=1S/C12H20N4O/c1-17-10-9-15-12(16-13)14-8-7-11-5-3-2-4-6-11/h2-6H,7-10,13H2,1H3,(H2,14,15,16). The summed E-state index contributed by atoms with van der Waals surface area (Å²) >= 11 is 0. The first-order valence-electron chi connectivity index (χ1n) is 5.64. The molecule has 94 valence electrons. The van der Waals surface area contributed by atoms with Gasteiger partial charge in [0.15, 0.2) is 0 Å². The predicted octanol–water partition coefficient (Wildman–Crippen LogP) is 0.284. The highest BCUT2D eigenvalue weighted by molar-refractivity contribution is 5.79. The summed E-state index contributed by atoms with van der Waals surface area (Å²) in [5, 5.41) is 3.14. The quantitative estimate of drug-likeness (QED) is 0.218. The van der Waals surface area contributed by atoms with E-state index in [2.05, 4.69) is 27.9 Å². The Bertz CT molecular complexity index is 327. The molecule has 1 aromatic rings. The van der Waals surface area contributed by atoms with E-state index in [9.17, 15) is 0 Å². The number of nitrogens with zero attached hydrogens (tertiary/aromatic N) is 1. The molecule has 0 aliphatic carbocycles. The smallest absolute Gasteiger partial charge is 0.205 e. The molecule has 5 heteroatoms. The summed E-state index contributed by atoms with van der Waals surface area (Å²) in [6.07, 6.45) is 0.936. The van der Waals surface area contributed by atoms with Crippen molar-refractivity contribution in [2.75, 3.05) is 26.8 Å². The SMILES string of the molecule is COCCN=C(NN)NCCc1ccccc1. The minimum atomic E-state index is 0.589. The van der Waals surface area contributed by atoms with E-state index in [-0.39, 0.29) is 0 Å². The van der Waals surface area contributed by atoms with Crippen LogP contribution < -0.4 is 16.6 Å². The monoisotopic (exact) mass is 236 g/mol. The molecule has 0 saturated carbocycles. The van der Waals surface area contributed by atoms with Crippen LogP contribution in [0.3, 0.4) is 0 Å². The van der Waals surface area contributed by atoms with Gasteiger partial charge in [-0.2, -0.15) is 0 Å². The van der Waals surface area contributed by atoms with Gasteiger partial charge in [-0.1, -0.05) is 30.3 Å². The highest BCUT2D eigenvalue weighted by Gasteiger charge is 1.95. The Kier molecular flexibility index (Phi) is 6.78. The van der Waals surface area contributed by atoms with Gasteiger partial charge >= 0.3 is 0 Å². The van der Waals surface area contributed by atoms with Crippen LogP contribution in [0.2, 0.25) is 0 Å². The van der Waals surface area contributed by atoms with E-state index in [1.807, 2.05) is 18.2 Å². The molecule has 0 radical (unpaired) electrons. The van der Waals surface area contributed by atoms with Gasteiger partial charge < -0.3 is 10.1 Å². The molecule has 0 amide bonds. The van der Waals surface area contributed by atoms with E-state index < -0.39 is 0 Å². The van der Waals surface area contributed by atoms with Crippen LogP contribution in [0.1, 0.15) is 5.56 Å². The Morgan fingerprint density at radius 2 is 2.12 bits per heavy atom. The van der Waals surface area contributed by atoms with Crippen molar-refractivity contribution in [2.45, 2.75) is 6.42 Å². The van der Waals surface area contributed by atoms with Crippen LogP contribution in [-0.2, 0) is 11.2 Å². The largest absolute Gasteiger partial charge is 0.383 e. The summed E-state index contributed by atoms with van der Waals surface area (Å²) in [4.78, 5) is 4.21. The maximum atomic E-state index is 5.35. The third kappa shape index (κ3) is 5.89. The summed E-state index contributed by atoms with van der Waals surface area (Å²) in [5.74, 6) is 5.95. The third-order valence-corrected chi connectivity index (χ3v) is 2.25. The lowest BCUT2D eigenvalue weighted by atomic mass is 10.1. The average Bonchev–Trinajstić information content (AvgIpc) is 2.38. The molecule has 0 aliphatic rings. The Balaban J connectivity index is 2.26. The second-order valence-electron chi connectivity index (χ2n) is 3.53. The molecule has 0 unspecified atom stereocenters. The molecule has 0 bridgehead atoms. The topological polar surface area (TPSA) is 71.7 Å². The average molecular weight is 236 g/mol. The van der Waals surface area contributed by atoms with Gasteiger partial charge in [0.1, 0.15) is 0 Å². The maximum Gasteiger partial charge on any atom is 0.205 e. The van der Waals surface area contributed by atoms with Crippen LogP contribution >= 0.6 is 0 Å². The van der Waals surface area contributed by atoms with Crippen molar-refractivity contribution in [3.63, 3.8) is 0 Å². The van der Waals surface area contributed by atoms with E-state index in [0.29, 0.717) is 19.1 Å². The van der Waals surface area contributed by atoms with Gasteiger partial charge in [-0.3, -0.25) is 5.43 Å². The van der Waals surface area contributed by atoms with Crippen molar-refractivity contribution < 1.29 is 4.74 Å². The molecule has 4 N–H and O–H groups in total. The van der Waals surface area contributed by atoms with Crippen molar-refractivity contribution in [3.05, 3.63) is 35.9 Å². The number of guanidine groups is 1. The molecule has 1 rings (SSSR count). The van der Waals surface area contributed by atoms with E-state index in [1.165, 1.54) is 5.56 Å². The molecule has 0 aliphatic heterocycles. The van der Waals surface area contributed by atoms with Crippen molar-refractivity contribution in [3.8, 4) is 0 Å². The molecule has 17 heavy (non-hydrogen) atoms. The number of hydrazine groups is 1. The van der Waals surface area contributed by atoms with E-state index in [0.717, 1.165) is 13.0 Å².